The molecule has 0 spiro atoms. The van der Waals surface area contributed by atoms with Crippen molar-refractivity contribution >= 4 is 37.9 Å². The molecule has 1 aromatic heterocycles. The Bertz CT molecular complexity index is 1200. The second-order valence-corrected chi connectivity index (χ2v) is 13.2. The number of rotatable bonds is 9. The van der Waals surface area contributed by atoms with Crippen molar-refractivity contribution in [2.45, 2.75) is 54.3 Å². The molecule has 3 unspecified atom stereocenters. The van der Waals surface area contributed by atoms with E-state index in [0.717, 1.165) is 29.6 Å². The van der Waals surface area contributed by atoms with E-state index in [0.29, 0.717) is 11.8 Å². The molecule has 1 N–H and O–H groups in total. The van der Waals surface area contributed by atoms with E-state index in [1.165, 1.54) is 48.1 Å². The molecule has 0 saturated heterocycles. The number of nitrogens with zero attached hydrogens (tertiary/aromatic N) is 2. The Kier molecular flexibility index (Phi) is 5.77. The predicted molar refractivity (Wildman–Crippen MR) is 144 cm³/mol. The fourth-order valence-electron chi connectivity index (χ4n) is 5.47. The zero-order valence-corrected chi connectivity index (χ0v) is 21.3. The van der Waals surface area contributed by atoms with Crippen LogP contribution in [-0.2, 0) is 6.42 Å². The second kappa shape index (κ2) is 8.77. The number of phenolic OH excluding ortho intramolecular Hbond substituents is 1. The Morgan fingerprint density at radius 2 is 1.82 bits per heavy atom. The number of hydrogen-bond acceptors (Lipinski definition) is 4. The van der Waals surface area contributed by atoms with Gasteiger partial charge in [0.15, 0.2) is 0 Å². The summed E-state index contributed by atoms with van der Waals surface area (Å²) in [5, 5.41) is 17.1. The maximum atomic E-state index is 10.3. The highest BCUT2D eigenvalue weighted by molar-refractivity contribution is 8.20. The van der Waals surface area contributed by atoms with Crippen molar-refractivity contribution in [3.63, 3.8) is 0 Å². The van der Waals surface area contributed by atoms with Gasteiger partial charge in [-0.3, -0.25) is 0 Å². The number of fused-ring (bicyclic) bond motifs is 2. The predicted octanol–water partition coefficient (Wildman–Crippen LogP) is 6.12. The molecule has 2 fully saturated rings. The van der Waals surface area contributed by atoms with Gasteiger partial charge >= 0.3 is 0 Å². The highest BCUT2D eigenvalue weighted by Crippen LogP contribution is 2.61. The van der Waals surface area contributed by atoms with Crippen LogP contribution in [0.25, 0.3) is 15.7 Å². The lowest BCUT2D eigenvalue weighted by Crippen LogP contribution is -2.25. The lowest BCUT2D eigenvalue weighted by atomic mass is 10.0. The Balaban J connectivity index is 1.11. The molecular formula is C28H34N2OS2. The minimum absolute atomic E-state index is 0.200. The summed E-state index contributed by atoms with van der Waals surface area (Å²) < 4.78 is 1.19. The quantitative estimate of drug-likeness (QED) is 0.363. The number of thiophene rings is 1. The number of likely N-dealkylation sites (N-methyl/N-ethyl adjacent to an activating group) is 1. The highest BCUT2D eigenvalue weighted by atomic mass is 32.2. The van der Waals surface area contributed by atoms with Crippen molar-refractivity contribution in [3.8, 4) is 5.75 Å². The lowest BCUT2D eigenvalue weighted by Gasteiger charge is -2.20. The van der Waals surface area contributed by atoms with Crippen LogP contribution in [0.4, 0.5) is 0 Å². The van der Waals surface area contributed by atoms with Crippen LogP contribution in [0.15, 0.2) is 58.1 Å². The van der Waals surface area contributed by atoms with E-state index in [-0.39, 0.29) is 10.9 Å². The van der Waals surface area contributed by atoms with Gasteiger partial charge in [0.05, 0.1) is 0 Å². The highest BCUT2D eigenvalue weighted by Gasteiger charge is 2.45. The van der Waals surface area contributed by atoms with Crippen LogP contribution in [0, 0.1) is 0 Å². The molecule has 5 heteroatoms. The molecule has 3 nitrogen and oxygen atoms in total. The summed E-state index contributed by atoms with van der Waals surface area (Å²) in [7, 11) is 4.39. The normalized spacial score (nSPS) is 25.1. The molecule has 2 aromatic carbocycles. The largest absolute Gasteiger partial charge is 0.507 e. The van der Waals surface area contributed by atoms with Crippen LogP contribution < -0.4 is 0 Å². The first-order valence-electron chi connectivity index (χ1n) is 12.3. The zero-order chi connectivity index (χ0) is 22.5. The van der Waals surface area contributed by atoms with Crippen LogP contribution in [0.1, 0.15) is 36.8 Å². The lowest BCUT2D eigenvalue weighted by molar-refractivity contribution is 0.330. The van der Waals surface area contributed by atoms with Gasteiger partial charge in [0, 0.05) is 40.5 Å². The summed E-state index contributed by atoms with van der Waals surface area (Å²) in [6, 6.07) is 16.6. The van der Waals surface area contributed by atoms with Crippen LogP contribution in [0.5, 0.6) is 5.75 Å². The van der Waals surface area contributed by atoms with Gasteiger partial charge in [0.2, 0.25) is 0 Å². The molecule has 0 amide bonds. The number of thiol groups is 1. The summed E-state index contributed by atoms with van der Waals surface area (Å²) in [6.45, 7) is 2.23. The van der Waals surface area contributed by atoms with E-state index in [9.17, 15) is 5.11 Å². The minimum Gasteiger partial charge on any atom is -0.507 e. The summed E-state index contributed by atoms with van der Waals surface area (Å²) in [4.78, 5) is 6.75. The van der Waals surface area contributed by atoms with E-state index < -0.39 is 0 Å². The van der Waals surface area contributed by atoms with Crippen molar-refractivity contribution in [1.82, 2.24) is 9.80 Å². The van der Waals surface area contributed by atoms with Crippen LogP contribution in [0.3, 0.4) is 0 Å². The first kappa shape index (κ1) is 21.7. The Morgan fingerprint density at radius 1 is 1.00 bits per heavy atom. The van der Waals surface area contributed by atoms with Gasteiger partial charge in [0.1, 0.15) is 5.75 Å². The monoisotopic (exact) mass is 478 g/mol. The third-order valence-electron chi connectivity index (χ3n) is 7.76. The van der Waals surface area contributed by atoms with Crippen molar-refractivity contribution in [3.05, 3.63) is 64.4 Å². The zero-order valence-electron chi connectivity index (χ0n) is 19.6. The third-order valence-corrected chi connectivity index (χ3v) is 11.6. The van der Waals surface area contributed by atoms with E-state index in [2.05, 4.69) is 65.0 Å². The van der Waals surface area contributed by atoms with E-state index in [1.807, 2.05) is 12.1 Å². The molecule has 3 aliphatic rings. The SMILES string of the molecule is CN(CCC1=C[SH](C2CC2N(C)CCc2csc3cccc(O)c23)c2ccccc21)C1CC1. The molecule has 33 heavy (non-hydrogen) atoms. The number of benzene rings is 2. The second-order valence-electron chi connectivity index (χ2n) is 10.1. The molecule has 0 bridgehead atoms. The van der Waals surface area contributed by atoms with Crippen LogP contribution in [-0.4, -0.2) is 59.4 Å². The minimum atomic E-state index is -0.200. The molecule has 2 heterocycles. The molecule has 2 saturated carbocycles. The molecule has 174 valence electrons. The standard InChI is InChI=1S/C28H34N2OS2/c1-29(21-10-11-21)14-13-20-18-33(26-9-4-3-6-22(20)26)27-16-23(27)30(2)15-12-19-17-32-25-8-5-7-24(31)28(19)25/h3-9,17-18,21,23,27,31,33H,10-16H2,1-2H3. The molecular weight excluding hydrogens is 444 g/mol. The number of phenols is 1. The van der Waals surface area contributed by atoms with Gasteiger partial charge in [-0.05, 0) is 96.8 Å². The third kappa shape index (κ3) is 4.25. The van der Waals surface area contributed by atoms with Gasteiger partial charge < -0.3 is 14.9 Å². The maximum absolute atomic E-state index is 10.3. The Morgan fingerprint density at radius 3 is 2.67 bits per heavy atom. The van der Waals surface area contributed by atoms with Crippen molar-refractivity contribution in [1.29, 1.82) is 0 Å². The number of hydrogen-bond donors (Lipinski definition) is 2. The molecule has 2 aliphatic carbocycles. The van der Waals surface area contributed by atoms with Gasteiger partial charge in [-0.15, -0.1) is 11.3 Å². The molecule has 1 aliphatic heterocycles. The topological polar surface area (TPSA) is 26.7 Å². The van der Waals surface area contributed by atoms with Gasteiger partial charge in [-0.2, -0.15) is 0 Å². The van der Waals surface area contributed by atoms with Gasteiger partial charge in [-0.1, -0.05) is 24.3 Å². The van der Waals surface area contributed by atoms with Crippen molar-refractivity contribution < 1.29 is 5.11 Å². The fourth-order valence-corrected chi connectivity index (χ4v) is 9.57. The molecule has 6 rings (SSSR count). The molecule has 0 radical (unpaired) electrons. The summed E-state index contributed by atoms with van der Waals surface area (Å²) in [5.74, 6) is 0.423. The summed E-state index contributed by atoms with van der Waals surface area (Å²) in [6.07, 6.45) is 6.27. The first-order chi connectivity index (χ1) is 16.1. The maximum Gasteiger partial charge on any atom is 0.124 e. The molecule has 3 aromatic rings. The van der Waals surface area contributed by atoms with Crippen molar-refractivity contribution in [2.24, 2.45) is 0 Å². The Labute approximate surface area is 204 Å². The Hall–Kier alpha value is -1.79. The summed E-state index contributed by atoms with van der Waals surface area (Å²) in [5.41, 5.74) is 4.41. The number of aromatic hydroxyl groups is 1. The first-order valence-corrected chi connectivity index (χ1v) is 14.6. The smallest absolute Gasteiger partial charge is 0.124 e. The average Bonchev–Trinajstić information content (AvgIpc) is 3.75. The molecule has 3 atom stereocenters. The van der Waals surface area contributed by atoms with E-state index in [1.54, 1.807) is 21.8 Å². The van der Waals surface area contributed by atoms with Crippen molar-refractivity contribution in [2.75, 3.05) is 27.2 Å². The van der Waals surface area contributed by atoms with Crippen LogP contribution >= 0.6 is 22.2 Å². The fraction of sp³-hybridized carbons (Fsp3) is 0.429. The van der Waals surface area contributed by atoms with E-state index in [4.69, 9.17) is 0 Å². The van der Waals surface area contributed by atoms with Crippen LogP contribution in [0.2, 0.25) is 0 Å². The average molecular weight is 479 g/mol. The van der Waals surface area contributed by atoms with Gasteiger partial charge in [-0.25, -0.2) is 10.9 Å². The van der Waals surface area contributed by atoms with Gasteiger partial charge in [0.25, 0.3) is 0 Å². The summed E-state index contributed by atoms with van der Waals surface area (Å²) >= 11 is 1.74. The van der Waals surface area contributed by atoms with E-state index >= 15 is 0 Å².